The average Bonchev–Trinajstić information content (AvgIpc) is 2.61. The molecule has 1 amide bonds. The maximum absolute atomic E-state index is 12.4. The number of benzene rings is 1. The van der Waals surface area contributed by atoms with E-state index in [4.69, 9.17) is 4.74 Å². The van der Waals surface area contributed by atoms with E-state index in [1.807, 2.05) is 0 Å². The Hall–Kier alpha value is -3.15. The summed E-state index contributed by atoms with van der Waals surface area (Å²) < 4.78 is 5.00. The summed E-state index contributed by atoms with van der Waals surface area (Å²) >= 11 is 0. The second-order valence-corrected chi connectivity index (χ2v) is 4.82. The second kappa shape index (κ2) is 8.47. The molecule has 1 aromatic carbocycles. The van der Waals surface area contributed by atoms with E-state index < -0.39 is 5.97 Å². The lowest BCUT2D eigenvalue weighted by molar-refractivity contribution is 0.0527. The van der Waals surface area contributed by atoms with Crippen LogP contribution in [-0.4, -0.2) is 30.0 Å². The highest BCUT2D eigenvalue weighted by Crippen LogP contribution is 2.18. The number of hydrogen-bond donors (Lipinski definition) is 2. The fourth-order valence-corrected chi connectivity index (χ4v) is 2.02. The highest BCUT2D eigenvalue weighted by Gasteiger charge is 2.15. The topological polar surface area (TPSA) is 80.3 Å². The number of amides is 1. The smallest absolute Gasteiger partial charge is 0.340 e. The van der Waals surface area contributed by atoms with E-state index in [2.05, 4.69) is 22.2 Å². The summed E-state index contributed by atoms with van der Waals surface area (Å²) in [6.45, 7) is 6.16. The number of aromatic nitrogens is 1. The molecular formula is C18H19N3O3. The van der Waals surface area contributed by atoms with Gasteiger partial charge in [0.05, 0.1) is 17.9 Å². The molecule has 0 unspecified atom stereocenters. The summed E-state index contributed by atoms with van der Waals surface area (Å²) in [6.07, 6.45) is 3.24. The van der Waals surface area contributed by atoms with Crippen molar-refractivity contribution in [1.82, 2.24) is 4.98 Å². The zero-order valence-electron chi connectivity index (χ0n) is 13.4. The minimum atomic E-state index is -0.475. The van der Waals surface area contributed by atoms with Crippen molar-refractivity contribution >= 4 is 23.4 Å². The third-order valence-corrected chi connectivity index (χ3v) is 3.12. The predicted octanol–water partition coefficient (Wildman–Crippen LogP) is 3.11. The minimum Gasteiger partial charge on any atom is -0.462 e. The zero-order chi connectivity index (χ0) is 17.4. The normalized spacial score (nSPS) is 9.88. The molecule has 0 fully saturated rings. The lowest BCUT2D eigenvalue weighted by Crippen LogP contribution is -2.16. The highest BCUT2D eigenvalue weighted by molar-refractivity contribution is 6.08. The van der Waals surface area contributed by atoms with E-state index in [-0.39, 0.29) is 12.5 Å². The lowest BCUT2D eigenvalue weighted by atomic mass is 10.1. The summed E-state index contributed by atoms with van der Waals surface area (Å²) in [6, 6.07) is 9.94. The molecule has 2 N–H and O–H groups in total. The van der Waals surface area contributed by atoms with Crippen LogP contribution in [0.4, 0.5) is 11.5 Å². The van der Waals surface area contributed by atoms with E-state index in [1.54, 1.807) is 49.4 Å². The van der Waals surface area contributed by atoms with Crippen molar-refractivity contribution < 1.29 is 14.3 Å². The molecule has 124 valence electrons. The maximum atomic E-state index is 12.4. The Labute approximate surface area is 140 Å². The number of hydrogen-bond acceptors (Lipinski definition) is 5. The molecule has 24 heavy (non-hydrogen) atoms. The third-order valence-electron chi connectivity index (χ3n) is 3.12. The van der Waals surface area contributed by atoms with Crippen LogP contribution in [0.2, 0.25) is 0 Å². The van der Waals surface area contributed by atoms with Crippen molar-refractivity contribution in [2.45, 2.75) is 6.92 Å². The zero-order valence-corrected chi connectivity index (χ0v) is 13.4. The number of anilines is 2. The van der Waals surface area contributed by atoms with Crippen LogP contribution in [0, 0.1) is 0 Å². The first-order chi connectivity index (χ1) is 11.7. The monoisotopic (exact) mass is 325 g/mol. The van der Waals surface area contributed by atoms with Crippen LogP contribution in [0.3, 0.4) is 0 Å². The molecule has 0 radical (unpaired) electrons. The molecule has 0 aliphatic carbocycles. The van der Waals surface area contributed by atoms with Gasteiger partial charge in [-0.15, -0.1) is 6.58 Å². The molecule has 6 nitrogen and oxygen atoms in total. The number of nitrogens with zero attached hydrogens (tertiary/aromatic N) is 1. The molecular weight excluding hydrogens is 306 g/mol. The SMILES string of the molecule is C=CCNc1cc(C(=O)Nc2ccccc2C(=O)OCC)ccn1. The molecule has 0 saturated carbocycles. The number of carbonyl (C=O) groups is 2. The van der Waals surface area contributed by atoms with Gasteiger partial charge in [0, 0.05) is 18.3 Å². The molecule has 0 aliphatic heterocycles. The van der Waals surface area contributed by atoms with Crippen molar-refractivity contribution in [1.29, 1.82) is 0 Å². The van der Waals surface area contributed by atoms with Gasteiger partial charge in [-0.25, -0.2) is 9.78 Å². The number of ether oxygens (including phenoxy) is 1. The van der Waals surface area contributed by atoms with Gasteiger partial charge in [0.1, 0.15) is 5.82 Å². The molecule has 1 heterocycles. The van der Waals surface area contributed by atoms with Crippen LogP contribution in [0.1, 0.15) is 27.6 Å². The van der Waals surface area contributed by atoms with Crippen LogP contribution in [-0.2, 0) is 4.74 Å². The van der Waals surface area contributed by atoms with Gasteiger partial charge in [-0.05, 0) is 31.2 Å². The van der Waals surface area contributed by atoms with E-state index >= 15 is 0 Å². The summed E-state index contributed by atoms with van der Waals surface area (Å²) in [4.78, 5) is 28.5. The fourth-order valence-electron chi connectivity index (χ4n) is 2.02. The van der Waals surface area contributed by atoms with Crippen molar-refractivity contribution in [2.75, 3.05) is 23.8 Å². The lowest BCUT2D eigenvalue weighted by Gasteiger charge is -2.11. The molecule has 0 bridgehead atoms. The molecule has 0 saturated heterocycles. The van der Waals surface area contributed by atoms with Gasteiger partial charge in [0.15, 0.2) is 0 Å². The van der Waals surface area contributed by atoms with Gasteiger partial charge in [0.2, 0.25) is 0 Å². The van der Waals surface area contributed by atoms with Gasteiger partial charge in [0.25, 0.3) is 5.91 Å². The number of esters is 1. The largest absolute Gasteiger partial charge is 0.462 e. The van der Waals surface area contributed by atoms with E-state index in [0.717, 1.165) is 0 Å². The van der Waals surface area contributed by atoms with Gasteiger partial charge < -0.3 is 15.4 Å². The Morgan fingerprint density at radius 2 is 2.08 bits per heavy atom. The number of pyridine rings is 1. The van der Waals surface area contributed by atoms with Gasteiger partial charge >= 0.3 is 5.97 Å². The summed E-state index contributed by atoms with van der Waals surface area (Å²) in [5, 5.41) is 5.75. The summed E-state index contributed by atoms with van der Waals surface area (Å²) in [7, 11) is 0. The summed E-state index contributed by atoms with van der Waals surface area (Å²) in [5.41, 5.74) is 1.14. The van der Waals surface area contributed by atoms with Gasteiger partial charge in [-0.3, -0.25) is 4.79 Å². The number of nitrogens with one attached hydrogen (secondary N) is 2. The third kappa shape index (κ3) is 4.42. The molecule has 2 rings (SSSR count). The Bertz CT molecular complexity index is 744. The molecule has 0 aliphatic rings. The number of para-hydroxylation sites is 1. The second-order valence-electron chi connectivity index (χ2n) is 4.82. The molecule has 0 atom stereocenters. The number of carbonyl (C=O) groups excluding carboxylic acids is 2. The van der Waals surface area contributed by atoms with Crippen molar-refractivity contribution in [3.63, 3.8) is 0 Å². The van der Waals surface area contributed by atoms with Crippen LogP contribution in [0.15, 0.2) is 55.3 Å². The van der Waals surface area contributed by atoms with Crippen LogP contribution >= 0.6 is 0 Å². The Morgan fingerprint density at radius 3 is 2.83 bits per heavy atom. The number of rotatable bonds is 7. The maximum Gasteiger partial charge on any atom is 0.340 e. The molecule has 1 aromatic heterocycles. The fraction of sp³-hybridized carbons (Fsp3) is 0.167. The van der Waals surface area contributed by atoms with Crippen molar-refractivity contribution in [3.05, 3.63) is 66.4 Å². The summed E-state index contributed by atoms with van der Waals surface area (Å²) in [5.74, 6) is -0.242. The van der Waals surface area contributed by atoms with Gasteiger partial charge in [-0.2, -0.15) is 0 Å². The van der Waals surface area contributed by atoms with E-state index in [9.17, 15) is 9.59 Å². The Morgan fingerprint density at radius 1 is 1.29 bits per heavy atom. The van der Waals surface area contributed by atoms with Crippen LogP contribution in [0.5, 0.6) is 0 Å². The molecule has 6 heteroatoms. The van der Waals surface area contributed by atoms with E-state index in [0.29, 0.717) is 29.2 Å². The Kier molecular flexibility index (Phi) is 6.08. The Balaban J connectivity index is 2.18. The molecule has 2 aromatic rings. The molecule has 0 spiro atoms. The van der Waals surface area contributed by atoms with Crippen molar-refractivity contribution in [3.8, 4) is 0 Å². The quantitative estimate of drug-likeness (QED) is 0.604. The average molecular weight is 325 g/mol. The predicted molar refractivity (Wildman–Crippen MR) is 93.3 cm³/mol. The van der Waals surface area contributed by atoms with E-state index in [1.165, 1.54) is 6.20 Å². The van der Waals surface area contributed by atoms with Gasteiger partial charge in [-0.1, -0.05) is 18.2 Å². The van der Waals surface area contributed by atoms with Crippen LogP contribution < -0.4 is 10.6 Å². The van der Waals surface area contributed by atoms with Crippen molar-refractivity contribution in [2.24, 2.45) is 0 Å². The first-order valence-electron chi connectivity index (χ1n) is 7.54. The first-order valence-corrected chi connectivity index (χ1v) is 7.54. The highest BCUT2D eigenvalue weighted by atomic mass is 16.5. The standard InChI is InChI=1S/C18H19N3O3/c1-3-10-19-16-12-13(9-11-20-16)17(22)21-15-8-6-5-7-14(15)18(23)24-4-2/h3,5-9,11-12H,1,4,10H2,2H3,(H,19,20)(H,21,22). The minimum absolute atomic E-state index is 0.268. The first kappa shape index (κ1) is 17.2. The van der Waals surface area contributed by atoms with Crippen LogP contribution in [0.25, 0.3) is 0 Å².